The van der Waals surface area contributed by atoms with Crippen LogP contribution in [0.25, 0.3) is 120 Å². The highest BCUT2D eigenvalue weighted by atomic mass is 32.1. The van der Waals surface area contributed by atoms with E-state index in [1.807, 2.05) is 23.5 Å². The molecule has 0 saturated carbocycles. The maximum absolute atomic E-state index is 6.19. The topological polar surface area (TPSA) is 13.1 Å². The molecule has 0 aliphatic rings. The van der Waals surface area contributed by atoms with Gasteiger partial charge in [0.05, 0.1) is 0 Å². The van der Waals surface area contributed by atoms with E-state index < -0.39 is 0 Å². The summed E-state index contributed by atoms with van der Waals surface area (Å²) in [5.74, 6) is 0. The summed E-state index contributed by atoms with van der Waals surface area (Å²) < 4.78 is 8.85. The van der Waals surface area contributed by atoms with Gasteiger partial charge >= 0.3 is 0 Å². The van der Waals surface area contributed by atoms with Crippen molar-refractivity contribution in [3.63, 3.8) is 0 Å². The Balaban J connectivity index is 0.889. The first-order valence-electron chi connectivity index (χ1n) is 21.1. The van der Waals surface area contributed by atoms with Gasteiger partial charge in [0.2, 0.25) is 0 Å². The average molecular weight is 807 g/mol. The molecule has 0 aliphatic heterocycles. The number of para-hydroxylation sites is 1. The molecule has 0 N–H and O–H groups in total. The minimum atomic E-state index is 0.905. The van der Waals surface area contributed by atoms with Crippen LogP contribution in [0.3, 0.4) is 0 Å². The summed E-state index contributed by atoms with van der Waals surface area (Å²) in [5, 5.41) is 4.92. The van der Waals surface area contributed by atoms with E-state index in [2.05, 4.69) is 218 Å². The third-order valence-electron chi connectivity index (χ3n) is 12.2. The minimum absolute atomic E-state index is 0.905. The van der Waals surface area contributed by atoms with E-state index in [1.165, 1.54) is 92.5 Å². The Kier molecular flexibility index (Phi) is 8.76. The van der Waals surface area contributed by atoms with Crippen molar-refractivity contribution in [2.45, 2.75) is 0 Å². The summed E-state index contributed by atoms with van der Waals surface area (Å²) in [4.78, 5) is 0. The van der Waals surface area contributed by atoms with Crippen molar-refractivity contribution in [1.29, 1.82) is 0 Å². The van der Waals surface area contributed by atoms with Gasteiger partial charge in [0.1, 0.15) is 11.2 Å². The number of rotatable bonds is 7. The lowest BCUT2D eigenvalue weighted by molar-refractivity contribution is 0.669. The second kappa shape index (κ2) is 15.0. The van der Waals surface area contributed by atoms with Crippen molar-refractivity contribution >= 4 is 53.4 Å². The molecule has 0 amide bonds. The number of thiophene rings is 1. The molecule has 290 valence electrons. The van der Waals surface area contributed by atoms with Gasteiger partial charge in [-0.3, -0.25) is 0 Å². The lowest BCUT2D eigenvalue weighted by Crippen LogP contribution is -1.88. The van der Waals surface area contributed by atoms with Crippen LogP contribution in [0.15, 0.2) is 235 Å². The Bertz CT molecular complexity index is 3640. The van der Waals surface area contributed by atoms with Gasteiger partial charge in [0.25, 0.3) is 0 Å². The SMILES string of the molecule is c1ccc(-c2cc(-c3cccc(-c4cccc(-c5cccc(-c6cccc(-c7cccc8c7sc7ccccc78)c6)c5)c4)c3)cc(-c3ccc4oc5ccccc5c4c3)c2)cc1. The molecule has 0 fully saturated rings. The molecule has 0 radical (unpaired) electrons. The molecule has 62 heavy (non-hydrogen) atoms. The van der Waals surface area contributed by atoms with Gasteiger partial charge in [0, 0.05) is 30.9 Å². The molecule has 0 aliphatic carbocycles. The Morgan fingerprint density at radius 3 is 1.31 bits per heavy atom. The Morgan fingerprint density at radius 2 is 0.661 bits per heavy atom. The zero-order valence-electron chi connectivity index (χ0n) is 33.8. The lowest BCUT2D eigenvalue weighted by atomic mass is 9.91. The smallest absolute Gasteiger partial charge is 0.135 e. The van der Waals surface area contributed by atoms with E-state index in [0.717, 1.165) is 27.5 Å². The number of fused-ring (bicyclic) bond motifs is 6. The largest absolute Gasteiger partial charge is 0.456 e. The zero-order chi connectivity index (χ0) is 41.0. The molecular formula is C60H38OS. The molecule has 0 spiro atoms. The lowest BCUT2D eigenvalue weighted by Gasteiger charge is -2.13. The van der Waals surface area contributed by atoms with Crippen LogP contribution in [0.5, 0.6) is 0 Å². The predicted octanol–water partition coefficient (Wildman–Crippen LogP) is 17.6. The highest BCUT2D eigenvalue weighted by Gasteiger charge is 2.14. The van der Waals surface area contributed by atoms with Crippen LogP contribution in [0, 0.1) is 0 Å². The highest BCUT2D eigenvalue weighted by molar-refractivity contribution is 7.26. The van der Waals surface area contributed by atoms with Gasteiger partial charge in [-0.2, -0.15) is 0 Å². The fourth-order valence-corrected chi connectivity index (χ4v) is 10.4. The fraction of sp³-hybridized carbons (Fsp3) is 0. The Labute approximate surface area is 364 Å². The van der Waals surface area contributed by atoms with Gasteiger partial charge in [-0.15, -0.1) is 11.3 Å². The summed E-state index contributed by atoms with van der Waals surface area (Å²) >= 11 is 1.88. The molecule has 2 heteroatoms. The zero-order valence-corrected chi connectivity index (χ0v) is 34.6. The molecule has 12 rings (SSSR count). The van der Waals surface area contributed by atoms with Gasteiger partial charge in [0.15, 0.2) is 0 Å². The maximum atomic E-state index is 6.19. The highest BCUT2D eigenvalue weighted by Crippen LogP contribution is 2.42. The van der Waals surface area contributed by atoms with Crippen LogP contribution in [0.1, 0.15) is 0 Å². The summed E-state index contributed by atoms with van der Waals surface area (Å²) in [6.07, 6.45) is 0. The first kappa shape index (κ1) is 36.1. The standard InChI is InChI=1S/C60H38OS/c1-2-13-39(14-3-1)49-35-50(37-51(36-49)47-29-30-58-56(38-47)53-23-4-6-27-57(53)61-58)46-21-10-19-44(33-46)42-17-8-15-40(31-42)41-16-9-18-43(32-41)45-20-11-22-48(34-45)52-25-12-26-55-54-24-5-7-28-59(54)62-60(52)55/h1-38H. The predicted molar refractivity (Wildman–Crippen MR) is 265 cm³/mol. The second-order valence-electron chi connectivity index (χ2n) is 16.1. The van der Waals surface area contributed by atoms with E-state index in [-0.39, 0.29) is 0 Å². The van der Waals surface area contributed by atoms with Crippen molar-refractivity contribution in [3.8, 4) is 77.9 Å². The van der Waals surface area contributed by atoms with Crippen LogP contribution in [0.4, 0.5) is 0 Å². The molecular weight excluding hydrogens is 769 g/mol. The number of benzene rings is 10. The van der Waals surface area contributed by atoms with Crippen molar-refractivity contribution in [1.82, 2.24) is 0 Å². The van der Waals surface area contributed by atoms with Crippen molar-refractivity contribution in [3.05, 3.63) is 231 Å². The molecule has 2 heterocycles. The minimum Gasteiger partial charge on any atom is -0.456 e. The van der Waals surface area contributed by atoms with Gasteiger partial charge in [-0.25, -0.2) is 0 Å². The van der Waals surface area contributed by atoms with Crippen molar-refractivity contribution < 1.29 is 4.42 Å². The summed E-state index contributed by atoms with van der Waals surface area (Å²) in [7, 11) is 0. The van der Waals surface area contributed by atoms with E-state index >= 15 is 0 Å². The summed E-state index contributed by atoms with van der Waals surface area (Å²) in [6.45, 7) is 0. The fourth-order valence-electron chi connectivity index (χ4n) is 9.14. The number of hydrogen-bond acceptors (Lipinski definition) is 2. The third-order valence-corrected chi connectivity index (χ3v) is 13.5. The summed E-state index contributed by atoms with van der Waals surface area (Å²) in [5.41, 5.74) is 18.6. The van der Waals surface area contributed by atoms with Crippen LogP contribution in [0.2, 0.25) is 0 Å². The number of furan rings is 1. The van der Waals surface area contributed by atoms with Crippen LogP contribution < -0.4 is 0 Å². The van der Waals surface area contributed by atoms with E-state index in [4.69, 9.17) is 4.42 Å². The quantitative estimate of drug-likeness (QED) is 0.156. The molecule has 0 atom stereocenters. The monoisotopic (exact) mass is 806 g/mol. The van der Waals surface area contributed by atoms with Crippen LogP contribution in [-0.4, -0.2) is 0 Å². The third kappa shape index (κ3) is 6.50. The Hall–Kier alpha value is -7.78. The first-order chi connectivity index (χ1) is 30.7. The van der Waals surface area contributed by atoms with Crippen LogP contribution in [-0.2, 0) is 0 Å². The van der Waals surface area contributed by atoms with Crippen molar-refractivity contribution in [2.75, 3.05) is 0 Å². The molecule has 10 aromatic carbocycles. The first-order valence-corrected chi connectivity index (χ1v) is 21.9. The maximum Gasteiger partial charge on any atom is 0.135 e. The molecule has 2 aromatic heterocycles. The van der Waals surface area contributed by atoms with Gasteiger partial charge in [-0.1, -0.05) is 164 Å². The second-order valence-corrected chi connectivity index (χ2v) is 17.1. The molecule has 0 unspecified atom stereocenters. The van der Waals surface area contributed by atoms with E-state index in [9.17, 15) is 0 Å². The van der Waals surface area contributed by atoms with Crippen LogP contribution >= 0.6 is 11.3 Å². The van der Waals surface area contributed by atoms with E-state index in [0.29, 0.717) is 0 Å². The van der Waals surface area contributed by atoms with Gasteiger partial charge < -0.3 is 4.42 Å². The summed E-state index contributed by atoms with van der Waals surface area (Å²) in [6, 6.07) is 83.8. The Morgan fingerprint density at radius 1 is 0.242 bits per heavy atom. The number of hydrogen-bond donors (Lipinski definition) is 0. The average Bonchev–Trinajstić information content (AvgIpc) is 3.93. The molecule has 0 bridgehead atoms. The molecule has 0 saturated heterocycles. The normalized spacial score (nSPS) is 11.5. The van der Waals surface area contributed by atoms with Gasteiger partial charge in [-0.05, 0) is 145 Å². The van der Waals surface area contributed by atoms with Crippen molar-refractivity contribution in [2.24, 2.45) is 0 Å². The molecule has 12 aromatic rings. The molecule has 1 nitrogen and oxygen atoms in total. The van der Waals surface area contributed by atoms with E-state index in [1.54, 1.807) is 0 Å².